The van der Waals surface area contributed by atoms with E-state index in [4.69, 9.17) is 14.2 Å². The van der Waals surface area contributed by atoms with Crippen LogP contribution in [0.1, 0.15) is 33.9 Å². The van der Waals surface area contributed by atoms with Crippen molar-refractivity contribution < 1.29 is 19.0 Å². The Morgan fingerprint density at radius 1 is 0.973 bits per heavy atom. The number of hydrogen-bond acceptors (Lipinski definition) is 7. The van der Waals surface area contributed by atoms with Gasteiger partial charge >= 0.3 is 0 Å². The molecule has 0 unspecified atom stereocenters. The average Bonchev–Trinajstić information content (AvgIpc) is 3.15. The van der Waals surface area contributed by atoms with E-state index in [1.54, 1.807) is 27.4 Å². The summed E-state index contributed by atoms with van der Waals surface area (Å²) in [6.07, 6.45) is 3.11. The number of ether oxygens (including phenoxy) is 3. The van der Waals surface area contributed by atoms with Gasteiger partial charge in [-0.05, 0) is 78.3 Å². The zero-order valence-electron chi connectivity index (χ0n) is 22.0. The fourth-order valence-electron chi connectivity index (χ4n) is 4.77. The zero-order chi connectivity index (χ0) is 26.7. The maximum atomic E-state index is 13.3. The molecule has 7 nitrogen and oxygen atoms in total. The Kier molecular flexibility index (Phi) is 7.97. The van der Waals surface area contributed by atoms with E-state index in [-0.39, 0.29) is 17.4 Å². The van der Waals surface area contributed by atoms with Gasteiger partial charge in [0.15, 0.2) is 16.9 Å². The quantitative estimate of drug-likeness (QED) is 0.442. The molecule has 1 amide bonds. The molecule has 4 rings (SSSR count). The van der Waals surface area contributed by atoms with E-state index >= 15 is 0 Å². The van der Waals surface area contributed by atoms with Crippen LogP contribution in [0.15, 0.2) is 58.2 Å². The zero-order valence-corrected chi connectivity index (χ0v) is 22.8. The molecule has 0 heterocycles. The number of carbonyl (C=O) groups is 1. The lowest BCUT2D eigenvalue weighted by Gasteiger charge is -2.20. The fourth-order valence-corrected chi connectivity index (χ4v) is 5.23. The number of rotatable bonds is 7. The van der Waals surface area contributed by atoms with E-state index in [1.807, 2.05) is 67.7 Å². The number of nitrogens with zero attached hydrogens (tertiary/aromatic N) is 1. The summed E-state index contributed by atoms with van der Waals surface area (Å²) in [6.45, 7) is 0. The van der Waals surface area contributed by atoms with E-state index in [1.165, 1.54) is 11.8 Å². The van der Waals surface area contributed by atoms with Crippen LogP contribution in [0, 0.1) is 0 Å². The summed E-state index contributed by atoms with van der Waals surface area (Å²) in [6, 6.07) is 14.4. The number of fused-ring (bicyclic) bond motifs is 3. The van der Waals surface area contributed by atoms with Crippen LogP contribution in [0.25, 0.3) is 11.1 Å². The Morgan fingerprint density at radius 3 is 2.27 bits per heavy atom. The molecule has 0 saturated heterocycles. The Morgan fingerprint density at radius 2 is 1.68 bits per heavy atom. The largest absolute Gasteiger partial charge is 0.493 e. The van der Waals surface area contributed by atoms with E-state index < -0.39 is 0 Å². The molecule has 194 valence electrons. The SMILES string of the molecule is COc1cc2c(c(OC)c1OC)-c1ccc(SC)c(=O)cc1[C@@H](NC(=O)c1ccc(N(C)C)cc1)CC2. The molecule has 1 aliphatic carbocycles. The summed E-state index contributed by atoms with van der Waals surface area (Å²) in [7, 11) is 8.66. The highest BCUT2D eigenvalue weighted by molar-refractivity contribution is 7.98. The molecule has 3 aromatic rings. The van der Waals surface area contributed by atoms with Gasteiger partial charge in [-0.3, -0.25) is 9.59 Å². The Bertz CT molecular complexity index is 1370. The first kappa shape index (κ1) is 26.4. The van der Waals surface area contributed by atoms with Crippen LogP contribution in [-0.4, -0.2) is 47.6 Å². The summed E-state index contributed by atoms with van der Waals surface area (Å²) in [5, 5.41) is 3.19. The summed E-state index contributed by atoms with van der Waals surface area (Å²) in [5.41, 5.74) is 4.86. The average molecular weight is 521 g/mol. The maximum Gasteiger partial charge on any atom is 0.251 e. The van der Waals surface area contributed by atoms with Crippen LogP contribution in [0.5, 0.6) is 17.2 Å². The van der Waals surface area contributed by atoms with E-state index in [9.17, 15) is 9.59 Å². The third-order valence-electron chi connectivity index (χ3n) is 6.67. The minimum Gasteiger partial charge on any atom is -0.493 e. The normalized spacial score (nSPS) is 14.1. The second-order valence-corrected chi connectivity index (χ2v) is 9.81. The molecule has 0 fully saturated rings. The van der Waals surface area contributed by atoms with E-state index in [0.29, 0.717) is 40.5 Å². The highest BCUT2D eigenvalue weighted by atomic mass is 32.2. The molecule has 0 radical (unpaired) electrons. The number of carbonyl (C=O) groups excluding carboxylic acids is 1. The van der Waals surface area contributed by atoms with Gasteiger partial charge in [0, 0.05) is 30.9 Å². The van der Waals surface area contributed by atoms with Crippen LogP contribution in [0.2, 0.25) is 0 Å². The van der Waals surface area contributed by atoms with Crippen molar-refractivity contribution in [1.29, 1.82) is 0 Å². The van der Waals surface area contributed by atoms with Gasteiger partial charge in [0.2, 0.25) is 5.75 Å². The van der Waals surface area contributed by atoms with Gasteiger partial charge in [-0.2, -0.15) is 0 Å². The molecule has 37 heavy (non-hydrogen) atoms. The predicted octanol–water partition coefficient (Wildman–Crippen LogP) is 4.94. The third-order valence-corrected chi connectivity index (χ3v) is 7.45. The molecule has 0 aromatic heterocycles. The van der Waals surface area contributed by atoms with Crippen LogP contribution in [0.4, 0.5) is 5.69 Å². The number of aryl methyl sites for hydroxylation is 1. The van der Waals surface area contributed by atoms with Crippen LogP contribution in [0.3, 0.4) is 0 Å². The Labute approximate surface area is 221 Å². The standard InChI is InChI=1S/C29H32N2O5S/c1-31(2)19-10-7-17(8-11-19)29(33)30-22-13-9-18-15-24(34-3)27(35-4)28(36-5)26(18)20-12-14-25(37-6)23(32)16-21(20)22/h7-8,10-12,14-16,22H,9,13H2,1-6H3,(H,30,33)/t22-/m0/s1. The molecule has 8 heteroatoms. The van der Waals surface area contributed by atoms with Crippen molar-refractivity contribution in [3.8, 4) is 28.4 Å². The van der Waals surface area contributed by atoms with Crippen molar-refractivity contribution in [2.45, 2.75) is 23.8 Å². The van der Waals surface area contributed by atoms with E-state index in [2.05, 4.69) is 5.32 Å². The highest BCUT2D eigenvalue weighted by Gasteiger charge is 2.30. The smallest absolute Gasteiger partial charge is 0.251 e. The van der Waals surface area contributed by atoms with Gasteiger partial charge in [-0.25, -0.2) is 0 Å². The second kappa shape index (κ2) is 11.2. The van der Waals surface area contributed by atoms with Crippen LogP contribution < -0.4 is 29.9 Å². The molecule has 0 bridgehead atoms. The first-order valence-corrected chi connectivity index (χ1v) is 13.2. The Balaban J connectivity index is 1.87. The van der Waals surface area contributed by atoms with Gasteiger partial charge in [-0.15, -0.1) is 11.8 Å². The lowest BCUT2D eigenvalue weighted by atomic mass is 9.95. The van der Waals surface area contributed by atoms with Crippen LogP contribution in [-0.2, 0) is 6.42 Å². The Hall–Kier alpha value is -3.65. The molecule has 0 saturated carbocycles. The first-order chi connectivity index (χ1) is 17.8. The van der Waals surface area contributed by atoms with Gasteiger partial charge in [0.05, 0.1) is 32.3 Å². The number of thioether (sulfide) groups is 1. The number of hydrogen-bond donors (Lipinski definition) is 1. The van der Waals surface area contributed by atoms with Gasteiger partial charge in [0.25, 0.3) is 5.91 Å². The lowest BCUT2D eigenvalue weighted by molar-refractivity contribution is 0.0935. The summed E-state index contributed by atoms with van der Waals surface area (Å²) in [5.74, 6) is 1.39. The molecular weight excluding hydrogens is 488 g/mol. The molecular formula is C29H32N2O5S. The minimum absolute atomic E-state index is 0.0915. The number of anilines is 1. The molecule has 0 spiro atoms. The highest BCUT2D eigenvalue weighted by Crippen LogP contribution is 2.50. The molecule has 1 N–H and O–H groups in total. The molecule has 1 atom stereocenters. The minimum atomic E-state index is -0.389. The van der Waals surface area contributed by atoms with Crippen molar-refractivity contribution in [3.63, 3.8) is 0 Å². The summed E-state index contributed by atoms with van der Waals surface area (Å²) < 4.78 is 17.1. The molecule has 1 aliphatic rings. The van der Waals surface area contributed by atoms with Crippen molar-refractivity contribution in [2.75, 3.05) is 46.6 Å². The second-order valence-electron chi connectivity index (χ2n) is 8.96. The monoisotopic (exact) mass is 520 g/mol. The lowest BCUT2D eigenvalue weighted by Crippen LogP contribution is -2.29. The molecule has 3 aromatic carbocycles. The summed E-state index contributed by atoms with van der Waals surface area (Å²) in [4.78, 5) is 29.0. The van der Waals surface area contributed by atoms with Crippen molar-refractivity contribution in [1.82, 2.24) is 5.32 Å². The summed E-state index contributed by atoms with van der Waals surface area (Å²) >= 11 is 1.39. The third kappa shape index (κ3) is 5.11. The first-order valence-electron chi connectivity index (χ1n) is 12.0. The van der Waals surface area contributed by atoms with Crippen LogP contribution >= 0.6 is 11.8 Å². The van der Waals surface area contributed by atoms with Crippen molar-refractivity contribution in [2.24, 2.45) is 0 Å². The van der Waals surface area contributed by atoms with Gasteiger partial charge in [-0.1, -0.05) is 6.07 Å². The predicted molar refractivity (Wildman–Crippen MR) is 149 cm³/mol. The number of methoxy groups -OCH3 is 3. The van der Waals surface area contributed by atoms with Crippen molar-refractivity contribution >= 4 is 23.4 Å². The van der Waals surface area contributed by atoms with E-state index in [0.717, 1.165) is 27.9 Å². The van der Waals surface area contributed by atoms with Gasteiger partial charge < -0.3 is 24.4 Å². The fraction of sp³-hybridized carbons (Fsp3) is 0.310. The number of nitrogens with one attached hydrogen (secondary N) is 1. The number of amides is 1. The molecule has 0 aliphatic heterocycles. The number of benzene rings is 2. The van der Waals surface area contributed by atoms with Crippen molar-refractivity contribution in [3.05, 3.63) is 75.4 Å². The van der Waals surface area contributed by atoms with Gasteiger partial charge in [0.1, 0.15) is 0 Å². The topological polar surface area (TPSA) is 77.1 Å². The maximum absolute atomic E-state index is 13.3.